The van der Waals surface area contributed by atoms with Crippen LogP contribution in [-0.4, -0.2) is 24.7 Å². The third-order valence-electron chi connectivity index (χ3n) is 4.17. The molecule has 1 aliphatic rings. The van der Waals surface area contributed by atoms with Crippen molar-refractivity contribution in [3.8, 4) is 0 Å². The van der Waals surface area contributed by atoms with E-state index in [9.17, 15) is 13.2 Å². The van der Waals surface area contributed by atoms with Crippen LogP contribution in [0.25, 0.3) is 6.08 Å². The summed E-state index contributed by atoms with van der Waals surface area (Å²) in [7, 11) is -3.56. The fourth-order valence-corrected chi connectivity index (χ4v) is 3.60. The molecule has 25 heavy (non-hydrogen) atoms. The number of aromatic nitrogens is 2. The smallest absolute Gasteiger partial charge is 0.267 e. The van der Waals surface area contributed by atoms with Gasteiger partial charge in [-0.2, -0.15) is 5.10 Å². The van der Waals surface area contributed by atoms with Gasteiger partial charge < -0.3 is 0 Å². The minimum Gasteiger partial charge on any atom is -0.268 e. The first-order valence-corrected chi connectivity index (χ1v) is 9.82. The highest BCUT2D eigenvalue weighted by atomic mass is 32.2. The van der Waals surface area contributed by atoms with Gasteiger partial charge in [0.05, 0.1) is 12.2 Å². The van der Waals surface area contributed by atoms with Crippen LogP contribution in [0.1, 0.15) is 28.8 Å². The fraction of sp³-hybridized carbons (Fsp3) is 0.333. The van der Waals surface area contributed by atoms with E-state index in [0.29, 0.717) is 0 Å². The number of rotatable bonds is 6. The summed E-state index contributed by atoms with van der Waals surface area (Å²) >= 11 is 0. The molecule has 1 aromatic heterocycles. The Kier molecular flexibility index (Phi) is 5.15. The van der Waals surface area contributed by atoms with Gasteiger partial charge in [0, 0.05) is 18.0 Å². The Morgan fingerprint density at radius 1 is 1.24 bits per heavy atom. The summed E-state index contributed by atoms with van der Waals surface area (Å²) < 4.78 is 27.9. The van der Waals surface area contributed by atoms with Crippen molar-refractivity contribution in [3.05, 3.63) is 68.5 Å². The molecule has 2 aromatic rings. The van der Waals surface area contributed by atoms with E-state index in [-0.39, 0.29) is 18.6 Å². The number of aryl methyl sites for hydroxylation is 3. The highest BCUT2D eigenvalue weighted by molar-refractivity contribution is 7.92. The summed E-state index contributed by atoms with van der Waals surface area (Å²) in [5, 5.41) is 5.46. The molecule has 7 heteroatoms. The summed E-state index contributed by atoms with van der Waals surface area (Å²) in [6, 6.07) is 9.17. The van der Waals surface area contributed by atoms with Crippen molar-refractivity contribution in [1.82, 2.24) is 14.5 Å². The van der Waals surface area contributed by atoms with Gasteiger partial charge in [-0.25, -0.2) is 17.8 Å². The Morgan fingerprint density at radius 3 is 2.76 bits per heavy atom. The lowest BCUT2D eigenvalue weighted by molar-refractivity contribution is 0.546. The molecule has 0 amide bonds. The Morgan fingerprint density at radius 2 is 2.00 bits per heavy atom. The molecule has 0 bridgehead atoms. The van der Waals surface area contributed by atoms with E-state index in [0.717, 1.165) is 47.1 Å². The third-order valence-corrected chi connectivity index (χ3v) is 5.27. The maximum absolute atomic E-state index is 12.0. The van der Waals surface area contributed by atoms with Gasteiger partial charge in [-0.05, 0) is 43.4 Å². The van der Waals surface area contributed by atoms with Crippen molar-refractivity contribution in [2.24, 2.45) is 0 Å². The molecule has 6 nitrogen and oxygen atoms in total. The van der Waals surface area contributed by atoms with Crippen molar-refractivity contribution in [2.75, 3.05) is 6.54 Å². The van der Waals surface area contributed by atoms with Gasteiger partial charge in [0.1, 0.15) is 0 Å². The van der Waals surface area contributed by atoms with E-state index in [1.54, 1.807) is 12.1 Å². The first-order chi connectivity index (χ1) is 11.9. The normalized spacial score (nSPS) is 14.1. The molecule has 1 heterocycles. The van der Waals surface area contributed by atoms with Crippen molar-refractivity contribution >= 4 is 16.1 Å². The van der Waals surface area contributed by atoms with Gasteiger partial charge in [0.2, 0.25) is 10.0 Å². The lowest BCUT2D eigenvalue weighted by atomic mass is 10.2. The maximum atomic E-state index is 12.0. The maximum Gasteiger partial charge on any atom is 0.267 e. The lowest BCUT2D eigenvalue weighted by Gasteiger charge is -2.07. The van der Waals surface area contributed by atoms with E-state index < -0.39 is 10.0 Å². The predicted molar refractivity (Wildman–Crippen MR) is 97.7 cm³/mol. The molecule has 132 valence electrons. The molecule has 0 radical (unpaired) electrons. The molecular weight excluding hydrogens is 338 g/mol. The Balaban J connectivity index is 1.59. The van der Waals surface area contributed by atoms with Crippen molar-refractivity contribution < 1.29 is 8.42 Å². The van der Waals surface area contributed by atoms with Gasteiger partial charge in [0.25, 0.3) is 5.56 Å². The zero-order valence-corrected chi connectivity index (χ0v) is 14.9. The molecule has 1 aliphatic carbocycles. The molecule has 0 spiro atoms. The average molecular weight is 359 g/mol. The van der Waals surface area contributed by atoms with E-state index in [1.165, 1.54) is 4.68 Å². The van der Waals surface area contributed by atoms with Crippen LogP contribution in [0.3, 0.4) is 0 Å². The van der Waals surface area contributed by atoms with Crippen LogP contribution in [0.4, 0.5) is 0 Å². The SMILES string of the molecule is Cc1ccc(/C=C/S(=O)(=O)NCCn2nc3c(cc2=O)CCC3)cc1. The second kappa shape index (κ2) is 7.33. The van der Waals surface area contributed by atoms with E-state index in [4.69, 9.17) is 0 Å². The predicted octanol–water partition coefficient (Wildman–Crippen LogP) is 1.63. The van der Waals surface area contributed by atoms with Crippen LogP contribution < -0.4 is 10.3 Å². The molecule has 1 aromatic carbocycles. The molecule has 0 unspecified atom stereocenters. The molecule has 0 aliphatic heterocycles. The lowest BCUT2D eigenvalue weighted by Crippen LogP contribution is -2.31. The van der Waals surface area contributed by atoms with Crippen molar-refractivity contribution in [3.63, 3.8) is 0 Å². The molecular formula is C18H21N3O3S. The summed E-state index contributed by atoms with van der Waals surface area (Å²) in [5.74, 6) is 0. The van der Waals surface area contributed by atoms with Gasteiger partial charge in [0.15, 0.2) is 0 Å². The van der Waals surface area contributed by atoms with Gasteiger partial charge in [-0.1, -0.05) is 29.8 Å². The average Bonchev–Trinajstić information content (AvgIpc) is 3.01. The molecule has 0 saturated heterocycles. The van der Waals surface area contributed by atoms with Gasteiger partial charge in [-0.3, -0.25) is 4.79 Å². The van der Waals surface area contributed by atoms with Gasteiger partial charge in [-0.15, -0.1) is 0 Å². The number of hydrogen-bond donors (Lipinski definition) is 1. The first-order valence-electron chi connectivity index (χ1n) is 8.27. The molecule has 0 atom stereocenters. The fourth-order valence-electron chi connectivity index (χ4n) is 2.79. The summed E-state index contributed by atoms with van der Waals surface area (Å²) in [4.78, 5) is 12.0. The monoisotopic (exact) mass is 359 g/mol. The standard InChI is InChI=1S/C18H21N3O3S/c1-14-5-7-15(8-6-14)9-12-25(23,24)19-10-11-21-18(22)13-16-3-2-4-17(16)20-21/h5-9,12-13,19H,2-4,10-11H2,1H3/b12-9+. The van der Waals surface area contributed by atoms with Crippen LogP contribution in [0, 0.1) is 6.92 Å². The highest BCUT2D eigenvalue weighted by Gasteiger charge is 2.14. The molecule has 3 rings (SSSR count). The zero-order valence-electron chi connectivity index (χ0n) is 14.1. The van der Waals surface area contributed by atoms with Crippen LogP contribution >= 0.6 is 0 Å². The highest BCUT2D eigenvalue weighted by Crippen LogP contribution is 2.16. The van der Waals surface area contributed by atoms with Crippen molar-refractivity contribution in [2.45, 2.75) is 32.7 Å². The van der Waals surface area contributed by atoms with Crippen LogP contribution in [0.15, 0.2) is 40.5 Å². The zero-order chi connectivity index (χ0) is 17.9. The van der Waals surface area contributed by atoms with Crippen LogP contribution in [0.2, 0.25) is 0 Å². The third kappa shape index (κ3) is 4.64. The van der Waals surface area contributed by atoms with Crippen molar-refractivity contribution in [1.29, 1.82) is 0 Å². The van der Waals surface area contributed by atoms with E-state index in [1.807, 2.05) is 31.2 Å². The minimum atomic E-state index is -3.56. The minimum absolute atomic E-state index is 0.117. The number of nitrogens with zero attached hydrogens (tertiary/aromatic N) is 2. The van der Waals surface area contributed by atoms with E-state index in [2.05, 4.69) is 9.82 Å². The quantitative estimate of drug-likeness (QED) is 0.850. The summed E-state index contributed by atoms with van der Waals surface area (Å²) in [6.45, 7) is 2.30. The molecule has 0 fully saturated rings. The summed E-state index contributed by atoms with van der Waals surface area (Å²) in [6.07, 6.45) is 4.33. The topological polar surface area (TPSA) is 81.1 Å². The molecule has 0 saturated carbocycles. The number of benzene rings is 1. The van der Waals surface area contributed by atoms with Gasteiger partial charge >= 0.3 is 0 Å². The Hall–Kier alpha value is -2.25. The largest absolute Gasteiger partial charge is 0.268 e. The number of fused-ring (bicyclic) bond motifs is 1. The second-order valence-corrected chi connectivity index (χ2v) is 7.83. The van der Waals surface area contributed by atoms with Crippen LogP contribution in [0.5, 0.6) is 0 Å². The Bertz CT molecular complexity index is 945. The Labute approximate surface area is 147 Å². The number of hydrogen-bond acceptors (Lipinski definition) is 4. The first kappa shape index (κ1) is 17.6. The number of sulfonamides is 1. The summed E-state index contributed by atoms with van der Waals surface area (Å²) in [5.41, 5.74) is 3.71. The van der Waals surface area contributed by atoms with E-state index >= 15 is 0 Å². The second-order valence-electron chi connectivity index (χ2n) is 6.18. The number of nitrogens with one attached hydrogen (secondary N) is 1. The van der Waals surface area contributed by atoms with Crippen LogP contribution in [-0.2, 0) is 29.4 Å². The molecule has 1 N–H and O–H groups in total.